The Morgan fingerprint density at radius 2 is 1.57 bits per heavy atom. The Labute approximate surface area is 204 Å². The van der Waals surface area contributed by atoms with Crippen LogP contribution in [0.4, 0.5) is 15.9 Å². The fourth-order valence-electron chi connectivity index (χ4n) is 4.29. The zero-order chi connectivity index (χ0) is 24.0. The Bertz CT molecular complexity index is 1270. The molecule has 1 N–H and O–H groups in total. The van der Waals surface area contributed by atoms with E-state index in [2.05, 4.69) is 39.5 Å². The van der Waals surface area contributed by atoms with Gasteiger partial charge in [0.25, 0.3) is 5.91 Å². The first-order valence-corrected chi connectivity index (χ1v) is 11.8. The predicted octanol–water partition coefficient (Wildman–Crippen LogP) is 5.59. The van der Waals surface area contributed by atoms with E-state index in [1.165, 1.54) is 12.1 Å². The van der Waals surface area contributed by atoms with Crippen molar-refractivity contribution >= 4 is 17.4 Å². The van der Waals surface area contributed by atoms with E-state index < -0.39 is 0 Å². The fourth-order valence-corrected chi connectivity index (χ4v) is 4.29. The smallest absolute Gasteiger partial charge is 0.255 e. The van der Waals surface area contributed by atoms with Crippen LogP contribution in [0.2, 0.25) is 0 Å². The van der Waals surface area contributed by atoms with Crippen LogP contribution in [0, 0.1) is 5.82 Å². The number of rotatable bonds is 6. The van der Waals surface area contributed by atoms with Gasteiger partial charge in [-0.1, -0.05) is 54.6 Å². The van der Waals surface area contributed by atoms with Gasteiger partial charge >= 0.3 is 0 Å². The minimum absolute atomic E-state index is 0.00319. The number of aromatic nitrogens is 1. The zero-order valence-electron chi connectivity index (χ0n) is 19.4. The quantitative estimate of drug-likeness (QED) is 0.403. The van der Waals surface area contributed by atoms with Gasteiger partial charge in [0.15, 0.2) is 0 Å². The topological polar surface area (TPSA) is 48.5 Å². The lowest BCUT2D eigenvalue weighted by Gasteiger charge is -2.34. The summed E-state index contributed by atoms with van der Waals surface area (Å²) in [4.78, 5) is 21.6. The lowest BCUT2D eigenvalue weighted by atomic mass is 10.1. The van der Waals surface area contributed by atoms with E-state index in [0.717, 1.165) is 42.0 Å². The normalized spacial score (nSPS) is 14.0. The van der Waals surface area contributed by atoms with E-state index >= 15 is 0 Å². The highest BCUT2D eigenvalue weighted by Gasteiger charge is 2.22. The maximum absolute atomic E-state index is 13.1. The Morgan fingerprint density at radius 3 is 2.29 bits per heavy atom. The highest BCUT2D eigenvalue weighted by molar-refractivity contribution is 5.94. The van der Waals surface area contributed by atoms with Crippen LogP contribution in [-0.2, 0) is 6.54 Å². The number of carbonyl (C=O) groups excluding carboxylic acids is 1. The zero-order valence-corrected chi connectivity index (χ0v) is 19.4. The summed E-state index contributed by atoms with van der Waals surface area (Å²) in [7, 11) is 0. The van der Waals surface area contributed by atoms with Gasteiger partial charge in [-0.15, -0.1) is 0 Å². The molecule has 4 aromatic rings. The van der Waals surface area contributed by atoms with Crippen molar-refractivity contribution in [3.63, 3.8) is 0 Å². The molecule has 0 atom stereocenters. The van der Waals surface area contributed by atoms with E-state index in [9.17, 15) is 9.18 Å². The molecule has 0 unspecified atom stereocenters. The molecular formula is C29H27FN4O. The standard InChI is InChI=1S/C29H27FN4O/c30-26-12-9-22(10-13-26)21-33-15-17-34(18-16-33)29(35)25-11-14-28(31-20-25)32-27-8-4-7-24(19-27)23-5-2-1-3-6-23/h1-14,19-20H,15-18,21H2,(H,31,32). The molecule has 1 aromatic heterocycles. The summed E-state index contributed by atoms with van der Waals surface area (Å²) >= 11 is 0. The summed E-state index contributed by atoms with van der Waals surface area (Å²) in [6, 6.07) is 28.7. The maximum Gasteiger partial charge on any atom is 0.255 e. The number of hydrogen-bond donors (Lipinski definition) is 1. The first-order valence-electron chi connectivity index (χ1n) is 11.8. The number of anilines is 2. The van der Waals surface area contributed by atoms with Crippen molar-refractivity contribution in [1.82, 2.24) is 14.8 Å². The SMILES string of the molecule is O=C(c1ccc(Nc2cccc(-c3ccccc3)c2)nc1)N1CCN(Cc2ccc(F)cc2)CC1. The third-order valence-electron chi connectivity index (χ3n) is 6.23. The Morgan fingerprint density at radius 1 is 0.829 bits per heavy atom. The molecule has 3 aromatic carbocycles. The van der Waals surface area contributed by atoms with Crippen LogP contribution >= 0.6 is 0 Å². The third-order valence-corrected chi connectivity index (χ3v) is 6.23. The minimum Gasteiger partial charge on any atom is -0.340 e. The predicted molar refractivity (Wildman–Crippen MR) is 137 cm³/mol. The van der Waals surface area contributed by atoms with Gasteiger partial charge in [0.1, 0.15) is 11.6 Å². The highest BCUT2D eigenvalue weighted by Crippen LogP contribution is 2.24. The van der Waals surface area contributed by atoms with Crippen LogP contribution in [0.25, 0.3) is 11.1 Å². The molecule has 1 aliphatic rings. The minimum atomic E-state index is -0.223. The lowest BCUT2D eigenvalue weighted by Crippen LogP contribution is -2.48. The largest absolute Gasteiger partial charge is 0.340 e. The van der Waals surface area contributed by atoms with Gasteiger partial charge in [0, 0.05) is 44.6 Å². The molecule has 0 aliphatic carbocycles. The van der Waals surface area contributed by atoms with Gasteiger partial charge in [-0.25, -0.2) is 9.37 Å². The molecule has 1 aliphatic heterocycles. The van der Waals surface area contributed by atoms with Crippen LogP contribution < -0.4 is 5.32 Å². The number of hydrogen-bond acceptors (Lipinski definition) is 4. The summed E-state index contributed by atoms with van der Waals surface area (Å²) in [6.07, 6.45) is 1.64. The molecule has 6 heteroatoms. The van der Waals surface area contributed by atoms with Gasteiger partial charge < -0.3 is 10.2 Å². The summed E-state index contributed by atoms with van der Waals surface area (Å²) in [5, 5.41) is 3.33. The van der Waals surface area contributed by atoms with E-state index in [1.807, 2.05) is 59.5 Å². The molecule has 0 bridgehead atoms. The fraction of sp³-hybridized carbons (Fsp3) is 0.172. The van der Waals surface area contributed by atoms with Crippen LogP contribution in [0.3, 0.4) is 0 Å². The van der Waals surface area contributed by atoms with Gasteiger partial charge in [-0.3, -0.25) is 9.69 Å². The highest BCUT2D eigenvalue weighted by atomic mass is 19.1. The van der Waals surface area contributed by atoms with Crippen molar-refractivity contribution in [3.8, 4) is 11.1 Å². The molecule has 0 saturated carbocycles. The van der Waals surface area contributed by atoms with E-state index in [1.54, 1.807) is 6.20 Å². The van der Waals surface area contributed by atoms with Crippen LogP contribution in [0.15, 0.2) is 97.2 Å². The molecule has 1 fully saturated rings. The number of amides is 1. The van der Waals surface area contributed by atoms with Gasteiger partial charge in [-0.2, -0.15) is 0 Å². The van der Waals surface area contributed by atoms with Gasteiger partial charge in [-0.05, 0) is 53.1 Å². The van der Waals surface area contributed by atoms with Crippen molar-refractivity contribution in [2.75, 3.05) is 31.5 Å². The summed E-state index contributed by atoms with van der Waals surface area (Å²) in [5.74, 6) is 0.465. The van der Waals surface area contributed by atoms with Gasteiger partial charge in [0.2, 0.25) is 0 Å². The van der Waals surface area contributed by atoms with Crippen molar-refractivity contribution in [1.29, 1.82) is 0 Å². The number of benzene rings is 3. The second kappa shape index (κ2) is 10.5. The molecule has 1 saturated heterocycles. The summed E-state index contributed by atoms with van der Waals surface area (Å²) in [6.45, 7) is 3.65. The van der Waals surface area contributed by atoms with Gasteiger partial charge in [0.05, 0.1) is 5.56 Å². The molecule has 0 radical (unpaired) electrons. The van der Waals surface area contributed by atoms with E-state index in [-0.39, 0.29) is 11.7 Å². The van der Waals surface area contributed by atoms with Crippen molar-refractivity contribution in [2.24, 2.45) is 0 Å². The van der Waals surface area contributed by atoms with Crippen molar-refractivity contribution in [3.05, 3.63) is 114 Å². The van der Waals surface area contributed by atoms with E-state index in [0.29, 0.717) is 24.5 Å². The number of nitrogens with one attached hydrogen (secondary N) is 1. The van der Waals surface area contributed by atoms with Crippen molar-refractivity contribution < 1.29 is 9.18 Å². The Kier molecular flexibility index (Phi) is 6.82. The van der Waals surface area contributed by atoms with E-state index in [4.69, 9.17) is 0 Å². The van der Waals surface area contributed by atoms with Crippen LogP contribution in [0.1, 0.15) is 15.9 Å². The number of piperazine rings is 1. The molecule has 0 spiro atoms. The summed E-state index contributed by atoms with van der Waals surface area (Å²) < 4.78 is 13.1. The second-order valence-corrected chi connectivity index (χ2v) is 8.70. The molecule has 5 nitrogen and oxygen atoms in total. The number of nitrogens with zero attached hydrogens (tertiary/aromatic N) is 3. The average Bonchev–Trinajstić information content (AvgIpc) is 2.91. The molecule has 35 heavy (non-hydrogen) atoms. The molecule has 1 amide bonds. The average molecular weight is 467 g/mol. The number of pyridine rings is 1. The number of carbonyl (C=O) groups is 1. The molecule has 5 rings (SSSR count). The second-order valence-electron chi connectivity index (χ2n) is 8.70. The molecule has 2 heterocycles. The number of halogens is 1. The first kappa shape index (κ1) is 22.7. The van der Waals surface area contributed by atoms with Crippen LogP contribution in [-0.4, -0.2) is 46.9 Å². The Balaban J connectivity index is 1.16. The third kappa shape index (κ3) is 5.73. The lowest BCUT2D eigenvalue weighted by molar-refractivity contribution is 0.0628. The maximum atomic E-state index is 13.1. The first-order chi connectivity index (χ1) is 17.1. The van der Waals surface area contributed by atoms with Crippen molar-refractivity contribution in [2.45, 2.75) is 6.54 Å². The van der Waals surface area contributed by atoms with Crippen LogP contribution in [0.5, 0.6) is 0 Å². The molecule has 176 valence electrons. The molecular weight excluding hydrogens is 439 g/mol. The summed E-state index contributed by atoms with van der Waals surface area (Å²) in [5.41, 5.74) is 4.88. The monoisotopic (exact) mass is 466 g/mol. The Hall–Kier alpha value is -4.03.